The van der Waals surface area contributed by atoms with Gasteiger partial charge in [0.05, 0.1) is 0 Å². The second-order valence-electron chi connectivity index (χ2n) is 3.95. The van der Waals surface area contributed by atoms with Crippen LogP contribution in [0.15, 0.2) is 29.2 Å². The summed E-state index contributed by atoms with van der Waals surface area (Å²) in [6.45, 7) is 3.84. The Morgan fingerprint density at radius 3 is 2.31 bits per heavy atom. The number of nitrogens with one attached hydrogen (secondary N) is 1. The summed E-state index contributed by atoms with van der Waals surface area (Å²) < 4.78 is 36.6. The molecule has 0 fully saturated rings. The molecule has 0 saturated carbocycles. The van der Waals surface area contributed by atoms with E-state index in [0.717, 1.165) is 5.56 Å². The Kier molecular flexibility index (Phi) is 3.91. The van der Waals surface area contributed by atoms with Gasteiger partial charge in [-0.25, -0.2) is 0 Å². The minimum atomic E-state index is -4.23. The third-order valence-corrected chi connectivity index (χ3v) is 3.14. The zero-order valence-electron chi connectivity index (χ0n) is 9.35. The lowest BCUT2D eigenvalue weighted by molar-refractivity contribution is -0.0328. The summed E-state index contributed by atoms with van der Waals surface area (Å²) in [6.07, 6.45) is 0. The van der Waals surface area contributed by atoms with Gasteiger partial charge >= 0.3 is 5.51 Å². The monoisotopic (exact) mass is 249 g/mol. The van der Waals surface area contributed by atoms with Gasteiger partial charge < -0.3 is 5.32 Å². The van der Waals surface area contributed by atoms with Gasteiger partial charge in [-0.3, -0.25) is 0 Å². The van der Waals surface area contributed by atoms with E-state index in [9.17, 15) is 13.2 Å². The van der Waals surface area contributed by atoms with Crippen LogP contribution in [0.3, 0.4) is 0 Å². The van der Waals surface area contributed by atoms with Crippen LogP contribution < -0.4 is 5.32 Å². The first kappa shape index (κ1) is 13.4. The molecule has 1 aromatic rings. The van der Waals surface area contributed by atoms with Crippen LogP contribution in [0.4, 0.5) is 13.2 Å². The predicted octanol–water partition coefficient (Wildman–Crippen LogP) is 3.75. The molecule has 0 radical (unpaired) electrons. The van der Waals surface area contributed by atoms with Crippen molar-refractivity contribution >= 4 is 11.8 Å². The molecular weight excluding hydrogens is 235 g/mol. The zero-order chi connectivity index (χ0) is 12.4. The molecule has 0 amide bonds. The maximum absolute atomic E-state index is 12.2. The van der Waals surface area contributed by atoms with Crippen LogP contribution in [0.5, 0.6) is 0 Å². The van der Waals surface area contributed by atoms with Gasteiger partial charge in [-0.1, -0.05) is 12.1 Å². The Bertz CT molecular complexity index is 360. The van der Waals surface area contributed by atoms with Crippen molar-refractivity contribution < 1.29 is 13.2 Å². The summed E-state index contributed by atoms with van der Waals surface area (Å²) in [5, 5.41) is 3.06. The van der Waals surface area contributed by atoms with Gasteiger partial charge in [0.1, 0.15) is 0 Å². The molecule has 16 heavy (non-hydrogen) atoms. The number of hydrogen-bond acceptors (Lipinski definition) is 2. The first-order valence-electron chi connectivity index (χ1n) is 4.80. The number of hydrogen-bond donors (Lipinski definition) is 1. The van der Waals surface area contributed by atoms with Crippen molar-refractivity contribution in [2.24, 2.45) is 0 Å². The summed E-state index contributed by atoms with van der Waals surface area (Å²) in [5.74, 6) is 0. The van der Waals surface area contributed by atoms with Gasteiger partial charge in [0.15, 0.2) is 0 Å². The number of benzene rings is 1. The normalized spacial score (nSPS) is 12.9. The molecule has 90 valence electrons. The molecule has 0 saturated heterocycles. The minimum Gasteiger partial charge on any atom is -0.311 e. The fourth-order valence-electron chi connectivity index (χ4n) is 1.23. The highest BCUT2D eigenvalue weighted by atomic mass is 32.2. The number of thioether (sulfide) groups is 1. The Hall–Kier alpha value is -0.680. The second-order valence-corrected chi connectivity index (χ2v) is 5.09. The summed E-state index contributed by atoms with van der Waals surface area (Å²) >= 11 is -0.0863. The van der Waals surface area contributed by atoms with Crippen molar-refractivity contribution in [1.29, 1.82) is 0 Å². The fraction of sp³-hybridized carbons (Fsp3) is 0.455. The summed E-state index contributed by atoms with van der Waals surface area (Å²) in [6, 6.07) is 6.49. The zero-order valence-corrected chi connectivity index (χ0v) is 10.2. The molecule has 1 aromatic carbocycles. The van der Waals surface area contributed by atoms with E-state index >= 15 is 0 Å². The van der Waals surface area contributed by atoms with Crippen LogP contribution in [-0.4, -0.2) is 12.6 Å². The van der Waals surface area contributed by atoms with E-state index in [1.807, 2.05) is 19.9 Å². The van der Waals surface area contributed by atoms with Crippen LogP contribution in [0.25, 0.3) is 0 Å². The van der Waals surface area contributed by atoms with Crippen molar-refractivity contribution in [2.75, 3.05) is 7.05 Å². The SMILES string of the molecule is CNC(C)(C)c1cccc(SC(F)(F)F)c1. The van der Waals surface area contributed by atoms with Crippen molar-refractivity contribution in [3.05, 3.63) is 29.8 Å². The lowest BCUT2D eigenvalue weighted by Gasteiger charge is -2.25. The van der Waals surface area contributed by atoms with Crippen molar-refractivity contribution in [2.45, 2.75) is 29.8 Å². The van der Waals surface area contributed by atoms with Crippen LogP contribution in [0.2, 0.25) is 0 Å². The fourth-order valence-corrected chi connectivity index (χ4v) is 1.83. The van der Waals surface area contributed by atoms with Crippen molar-refractivity contribution in [1.82, 2.24) is 5.32 Å². The standard InChI is InChI=1S/C11H14F3NS/c1-10(2,15-3)8-5-4-6-9(7-8)16-11(12,13)14/h4-7,15H,1-3H3. The van der Waals surface area contributed by atoms with Crippen LogP contribution >= 0.6 is 11.8 Å². The van der Waals surface area contributed by atoms with Crippen LogP contribution in [-0.2, 0) is 5.54 Å². The molecule has 0 unspecified atom stereocenters. The number of rotatable bonds is 3. The molecular formula is C11H14F3NS. The van der Waals surface area contributed by atoms with E-state index in [4.69, 9.17) is 0 Å². The highest BCUT2D eigenvalue weighted by Crippen LogP contribution is 2.37. The molecule has 1 N–H and O–H groups in total. The number of halogens is 3. The van der Waals surface area contributed by atoms with E-state index < -0.39 is 5.51 Å². The van der Waals surface area contributed by atoms with Gasteiger partial charge in [-0.2, -0.15) is 13.2 Å². The maximum atomic E-state index is 12.2. The van der Waals surface area contributed by atoms with E-state index in [1.54, 1.807) is 19.2 Å². The van der Waals surface area contributed by atoms with Gasteiger partial charge in [-0.15, -0.1) is 0 Å². The molecule has 1 nitrogen and oxygen atoms in total. The van der Waals surface area contributed by atoms with E-state index in [0.29, 0.717) is 0 Å². The minimum absolute atomic E-state index is 0.0863. The van der Waals surface area contributed by atoms with E-state index in [-0.39, 0.29) is 22.2 Å². The highest BCUT2D eigenvalue weighted by molar-refractivity contribution is 8.00. The molecule has 0 aromatic heterocycles. The van der Waals surface area contributed by atoms with Crippen molar-refractivity contribution in [3.63, 3.8) is 0 Å². The first-order chi connectivity index (χ1) is 7.24. The second kappa shape index (κ2) is 4.67. The highest BCUT2D eigenvalue weighted by Gasteiger charge is 2.29. The van der Waals surface area contributed by atoms with Gasteiger partial charge in [-0.05, 0) is 50.4 Å². The Labute approximate surface area is 97.4 Å². The average Bonchev–Trinajstić information content (AvgIpc) is 2.15. The van der Waals surface area contributed by atoms with Gasteiger partial charge in [0, 0.05) is 10.4 Å². The molecule has 0 aliphatic rings. The molecule has 5 heteroatoms. The maximum Gasteiger partial charge on any atom is 0.446 e. The van der Waals surface area contributed by atoms with Crippen LogP contribution in [0, 0.1) is 0 Å². The molecule has 0 spiro atoms. The lowest BCUT2D eigenvalue weighted by atomic mass is 9.95. The molecule has 0 aliphatic carbocycles. The smallest absolute Gasteiger partial charge is 0.311 e. The summed E-state index contributed by atoms with van der Waals surface area (Å²) in [4.78, 5) is 0.216. The van der Waals surface area contributed by atoms with E-state index in [1.165, 1.54) is 6.07 Å². The van der Waals surface area contributed by atoms with Crippen molar-refractivity contribution in [3.8, 4) is 0 Å². The molecule has 0 heterocycles. The third kappa shape index (κ3) is 3.72. The Balaban J connectivity index is 2.96. The number of alkyl halides is 3. The molecule has 0 bridgehead atoms. The third-order valence-electron chi connectivity index (χ3n) is 2.41. The Morgan fingerprint density at radius 1 is 1.19 bits per heavy atom. The summed E-state index contributed by atoms with van der Waals surface area (Å²) in [5.41, 5.74) is -3.73. The predicted molar refractivity (Wildman–Crippen MR) is 60.4 cm³/mol. The van der Waals surface area contributed by atoms with Gasteiger partial charge in [0.2, 0.25) is 0 Å². The van der Waals surface area contributed by atoms with Crippen LogP contribution in [0.1, 0.15) is 19.4 Å². The average molecular weight is 249 g/mol. The first-order valence-corrected chi connectivity index (χ1v) is 5.61. The Morgan fingerprint density at radius 2 is 1.81 bits per heavy atom. The largest absolute Gasteiger partial charge is 0.446 e. The lowest BCUT2D eigenvalue weighted by Crippen LogP contribution is -2.33. The molecule has 0 atom stereocenters. The molecule has 1 rings (SSSR count). The van der Waals surface area contributed by atoms with E-state index in [2.05, 4.69) is 5.32 Å². The van der Waals surface area contributed by atoms with Gasteiger partial charge in [0.25, 0.3) is 0 Å². The summed E-state index contributed by atoms with van der Waals surface area (Å²) in [7, 11) is 1.78. The molecule has 0 aliphatic heterocycles. The quantitative estimate of drug-likeness (QED) is 0.819. The topological polar surface area (TPSA) is 12.0 Å².